The van der Waals surface area contributed by atoms with Crippen LogP contribution < -0.4 is 10.6 Å². The van der Waals surface area contributed by atoms with Crippen molar-refractivity contribution < 1.29 is 4.79 Å². The van der Waals surface area contributed by atoms with Crippen molar-refractivity contribution in [3.63, 3.8) is 0 Å². The van der Waals surface area contributed by atoms with E-state index in [1.165, 1.54) is 24.2 Å². The fourth-order valence-electron chi connectivity index (χ4n) is 4.54. The van der Waals surface area contributed by atoms with Gasteiger partial charge in [0.1, 0.15) is 17.0 Å². The number of anilines is 1. The summed E-state index contributed by atoms with van der Waals surface area (Å²) in [6.07, 6.45) is 12.4. The maximum absolute atomic E-state index is 12.8. The summed E-state index contributed by atoms with van der Waals surface area (Å²) in [4.78, 5) is 27.3. The Bertz CT molecular complexity index is 1080. The highest BCUT2D eigenvalue weighted by molar-refractivity contribution is 7.20. The van der Waals surface area contributed by atoms with Gasteiger partial charge in [-0.05, 0) is 54.7 Å². The van der Waals surface area contributed by atoms with Crippen molar-refractivity contribution in [3.05, 3.63) is 59.0 Å². The standard InChI is InChI=1S/C22H23N5OS/c1-13-18-20(24-11-17-8-14-4-5-16(17)7-14)26-12-27-22(18)29-19(13)21(28)25-10-15-3-2-6-23-9-15/h2-6,9,12,14,16-17H,7-8,10-11H2,1H3,(H,25,28)(H,24,26,27). The first-order chi connectivity index (χ1) is 14.2. The number of fused-ring (bicyclic) bond motifs is 3. The first kappa shape index (κ1) is 18.2. The van der Waals surface area contributed by atoms with E-state index in [4.69, 9.17) is 0 Å². The third kappa shape index (κ3) is 3.51. The second kappa shape index (κ2) is 7.55. The number of rotatable bonds is 6. The van der Waals surface area contributed by atoms with Crippen LogP contribution in [0.25, 0.3) is 10.2 Å². The van der Waals surface area contributed by atoms with Crippen LogP contribution in [0.5, 0.6) is 0 Å². The lowest BCUT2D eigenvalue weighted by atomic mass is 9.93. The van der Waals surface area contributed by atoms with Crippen LogP contribution in [-0.4, -0.2) is 27.4 Å². The van der Waals surface area contributed by atoms with Crippen LogP contribution in [0.4, 0.5) is 5.82 Å². The van der Waals surface area contributed by atoms with Gasteiger partial charge in [-0.15, -0.1) is 11.3 Å². The van der Waals surface area contributed by atoms with Gasteiger partial charge in [-0.1, -0.05) is 18.2 Å². The zero-order chi connectivity index (χ0) is 19.8. The highest BCUT2D eigenvalue weighted by atomic mass is 32.1. The maximum atomic E-state index is 12.8. The molecule has 1 amide bonds. The predicted molar refractivity (Wildman–Crippen MR) is 115 cm³/mol. The second-order valence-electron chi connectivity index (χ2n) is 7.92. The van der Waals surface area contributed by atoms with Gasteiger partial charge < -0.3 is 10.6 Å². The smallest absolute Gasteiger partial charge is 0.261 e. The minimum Gasteiger partial charge on any atom is -0.369 e. The van der Waals surface area contributed by atoms with Crippen LogP contribution in [0.15, 0.2) is 43.0 Å². The number of amides is 1. The summed E-state index contributed by atoms with van der Waals surface area (Å²) >= 11 is 1.42. The molecule has 2 N–H and O–H groups in total. The van der Waals surface area contributed by atoms with Crippen molar-refractivity contribution in [2.75, 3.05) is 11.9 Å². The molecule has 2 aliphatic carbocycles. The lowest BCUT2D eigenvalue weighted by Crippen LogP contribution is -2.22. The fourth-order valence-corrected chi connectivity index (χ4v) is 5.61. The van der Waals surface area contributed by atoms with Crippen molar-refractivity contribution in [2.24, 2.45) is 17.8 Å². The highest BCUT2D eigenvalue weighted by Gasteiger charge is 2.35. The quantitative estimate of drug-likeness (QED) is 0.607. The number of aryl methyl sites for hydroxylation is 1. The van der Waals surface area contributed by atoms with E-state index < -0.39 is 0 Å². The molecule has 2 aliphatic rings. The van der Waals surface area contributed by atoms with Crippen molar-refractivity contribution in [3.8, 4) is 0 Å². The van der Waals surface area contributed by atoms with Gasteiger partial charge in [-0.25, -0.2) is 9.97 Å². The Labute approximate surface area is 173 Å². The van der Waals surface area contributed by atoms with Gasteiger partial charge in [-0.3, -0.25) is 9.78 Å². The molecule has 29 heavy (non-hydrogen) atoms. The molecule has 7 heteroatoms. The number of pyridine rings is 1. The van der Waals surface area contributed by atoms with Crippen LogP contribution in [0.1, 0.15) is 33.6 Å². The van der Waals surface area contributed by atoms with Crippen LogP contribution in [0.2, 0.25) is 0 Å². The fraction of sp³-hybridized carbons (Fsp3) is 0.364. The molecule has 6 nitrogen and oxygen atoms in total. The molecule has 0 spiro atoms. The van der Waals surface area contributed by atoms with Crippen LogP contribution in [0, 0.1) is 24.7 Å². The van der Waals surface area contributed by atoms with Gasteiger partial charge in [0, 0.05) is 25.5 Å². The van der Waals surface area contributed by atoms with Gasteiger partial charge >= 0.3 is 0 Å². The minimum absolute atomic E-state index is 0.0847. The first-order valence-corrected chi connectivity index (χ1v) is 10.8. The highest BCUT2D eigenvalue weighted by Crippen LogP contribution is 2.43. The second-order valence-corrected chi connectivity index (χ2v) is 8.92. The molecule has 1 fully saturated rings. The predicted octanol–water partition coefficient (Wildman–Crippen LogP) is 3.95. The summed E-state index contributed by atoms with van der Waals surface area (Å²) in [5.74, 6) is 2.87. The van der Waals surface area contributed by atoms with Crippen molar-refractivity contribution in [1.29, 1.82) is 0 Å². The summed E-state index contributed by atoms with van der Waals surface area (Å²) < 4.78 is 0. The number of hydrogen-bond donors (Lipinski definition) is 2. The SMILES string of the molecule is Cc1c(C(=O)NCc2cccnc2)sc2ncnc(NCC3CC4C=CC3C4)c12. The van der Waals surface area contributed by atoms with E-state index in [0.717, 1.165) is 39.6 Å². The van der Waals surface area contributed by atoms with E-state index in [2.05, 4.69) is 37.7 Å². The Morgan fingerprint density at radius 2 is 2.21 bits per heavy atom. The molecule has 3 heterocycles. The lowest BCUT2D eigenvalue weighted by Gasteiger charge is -2.19. The Kier molecular flexibility index (Phi) is 4.75. The molecule has 1 saturated carbocycles. The van der Waals surface area contributed by atoms with Crippen molar-refractivity contribution in [2.45, 2.75) is 26.3 Å². The zero-order valence-corrected chi connectivity index (χ0v) is 17.1. The summed E-state index contributed by atoms with van der Waals surface area (Å²) in [7, 11) is 0. The molecule has 2 bridgehead atoms. The molecule has 5 rings (SSSR count). The van der Waals surface area contributed by atoms with E-state index in [0.29, 0.717) is 23.3 Å². The normalized spacial score (nSPS) is 22.3. The summed E-state index contributed by atoms with van der Waals surface area (Å²) in [6.45, 7) is 3.34. The number of hydrogen-bond acceptors (Lipinski definition) is 6. The molecule has 0 aromatic carbocycles. The van der Waals surface area contributed by atoms with Gasteiger partial charge in [0.2, 0.25) is 0 Å². The Hall–Kier alpha value is -2.80. The summed E-state index contributed by atoms with van der Waals surface area (Å²) in [5, 5.41) is 7.49. The topological polar surface area (TPSA) is 79.8 Å². The number of aromatic nitrogens is 3. The van der Waals surface area contributed by atoms with E-state index in [1.54, 1.807) is 18.7 Å². The Morgan fingerprint density at radius 1 is 1.28 bits per heavy atom. The third-order valence-electron chi connectivity index (χ3n) is 6.06. The van der Waals surface area contributed by atoms with Crippen LogP contribution >= 0.6 is 11.3 Å². The Morgan fingerprint density at radius 3 is 2.97 bits per heavy atom. The number of nitrogens with zero attached hydrogens (tertiary/aromatic N) is 3. The molecular weight excluding hydrogens is 382 g/mol. The zero-order valence-electron chi connectivity index (χ0n) is 16.3. The summed E-state index contributed by atoms with van der Waals surface area (Å²) in [5.41, 5.74) is 1.91. The number of nitrogens with one attached hydrogen (secondary N) is 2. The van der Waals surface area contributed by atoms with Crippen LogP contribution in [0.3, 0.4) is 0 Å². The summed E-state index contributed by atoms with van der Waals surface area (Å²) in [6, 6.07) is 3.81. The van der Waals surface area contributed by atoms with Gasteiger partial charge in [-0.2, -0.15) is 0 Å². The average Bonchev–Trinajstić information content (AvgIpc) is 3.46. The molecular formula is C22H23N5OS. The molecule has 3 unspecified atom stereocenters. The van der Waals surface area contributed by atoms with Gasteiger partial charge in [0.15, 0.2) is 0 Å². The first-order valence-electron chi connectivity index (χ1n) is 10.0. The molecule has 148 valence electrons. The monoisotopic (exact) mass is 405 g/mol. The van der Waals surface area contributed by atoms with Gasteiger partial charge in [0.05, 0.1) is 10.3 Å². The number of carbonyl (C=O) groups is 1. The largest absolute Gasteiger partial charge is 0.369 e. The van der Waals surface area contributed by atoms with Crippen molar-refractivity contribution in [1.82, 2.24) is 20.3 Å². The Balaban J connectivity index is 1.33. The molecule has 0 aliphatic heterocycles. The minimum atomic E-state index is -0.0847. The van der Waals surface area contributed by atoms with Crippen molar-refractivity contribution >= 4 is 33.3 Å². The van der Waals surface area contributed by atoms with Gasteiger partial charge in [0.25, 0.3) is 5.91 Å². The van der Waals surface area contributed by atoms with E-state index in [1.807, 2.05) is 19.1 Å². The van der Waals surface area contributed by atoms with Crippen LogP contribution in [-0.2, 0) is 6.54 Å². The molecule has 3 atom stereocenters. The van der Waals surface area contributed by atoms with E-state index in [9.17, 15) is 4.79 Å². The number of allylic oxidation sites excluding steroid dienone is 2. The molecule has 0 saturated heterocycles. The number of thiophene rings is 1. The van der Waals surface area contributed by atoms with E-state index in [-0.39, 0.29) is 5.91 Å². The molecule has 3 aromatic heterocycles. The molecule has 3 aromatic rings. The maximum Gasteiger partial charge on any atom is 0.261 e. The lowest BCUT2D eigenvalue weighted by molar-refractivity contribution is 0.0954. The number of carbonyl (C=O) groups excluding carboxylic acids is 1. The average molecular weight is 406 g/mol. The molecule has 0 radical (unpaired) electrons. The third-order valence-corrected chi connectivity index (χ3v) is 7.26. The van der Waals surface area contributed by atoms with E-state index >= 15 is 0 Å².